The van der Waals surface area contributed by atoms with Crippen molar-refractivity contribution in [3.05, 3.63) is 46.5 Å². The third-order valence-electron chi connectivity index (χ3n) is 4.62. The average Bonchev–Trinajstić information content (AvgIpc) is 3.18. The highest BCUT2D eigenvalue weighted by atomic mass is 35.5. The third-order valence-corrected chi connectivity index (χ3v) is 4.94. The lowest BCUT2D eigenvalue weighted by atomic mass is 10.1. The van der Waals surface area contributed by atoms with Crippen LogP contribution in [0.3, 0.4) is 0 Å². The third kappa shape index (κ3) is 4.54. The predicted molar refractivity (Wildman–Crippen MR) is 114 cm³/mol. The molecule has 2 aromatic carbocycles. The van der Waals surface area contributed by atoms with E-state index >= 15 is 0 Å². The molecule has 0 unspecified atom stereocenters. The first kappa shape index (κ1) is 21.6. The summed E-state index contributed by atoms with van der Waals surface area (Å²) in [4.78, 5) is 26.1. The standard InChI is InChI=1S/C21H24ClN3O5/c1-4-30-19-17(28-2)9-13(10-18(19)29-3)12-24-20(26)14-5-6-15(22)16(11-14)25-8-7-23-21(25)27/h5-6,9-11H,4,7-8,12H2,1-3H3,(H,23,27)(H,24,26). The molecule has 2 aromatic rings. The van der Waals surface area contributed by atoms with Crippen LogP contribution in [0.15, 0.2) is 30.3 Å². The number of ether oxygens (including phenoxy) is 3. The lowest BCUT2D eigenvalue weighted by molar-refractivity contribution is 0.0950. The second kappa shape index (κ2) is 9.58. The Balaban J connectivity index is 1.76. The smallest absolute Gasteiger partial charge is 0.322 e. The highest BCUT2D eigenvalue weighted by Crippen LogP contribution is 2.38. The van der Waals surface area contributed by atoms with E-state index in [4.69, 9.17) is 25.8 Å². The van der Waals surface area contributed by atoms with Crippen molar-refractivity contribution in [1.29, 1.82) is 0 Å². The molecule has 1 aliphatic rings. The van der Waals surface area contributed by atoms with Gasteiger partial charge >= 0.3 is 6.03 Å². The van der Waals surface area contributed by atoms with Crippen LogP contribution < -0.4 is 29.7 Å². The molecule has 0 aliphatic carbocycles. The van der Waals surface area contributed by atoms with Crippen LogP contribution >= 0.6 is 11.6 Å². The van der Waals surface area contributed by atoms with E-state index in [9.17, 15) is 9.59 Å². The van der Waals surface area contributed by atoms with Gasteiger partial charge in [-0.1, -0.05) is 11.6 Å². The Hall–Kier alpha value is -3.13. The van der Waals surface area contributed by atoms with Gasteiger partial charge in [0, 0.05) is 25.2 Å². The molecule has 0 atom stereocenters. The Bertz CT molecular complexity index is 925. The van der Waals surface area contributed by atoms with Crippen LogP contribution in [0.5, 0.6) is 17.2 Å². The molecule has 9 heteroatoms. The van der Waals surface area contributed by atoms with E-state index in [1.807, 2.05) is 6.92 Å². The Morgan fingerprint density at radius 1 is 1.20 bits per heavy atom. The largest absolute Gasteiger partial charge is 0.493 e. The molecule has 3 rings (SSSR count). The summed E-state index contributed by atoms with van der Waals surface area (Å²) >= 11 is 6.23. The van der Waals surface area contributed by atoms with Gasteiger partial charge in [-0.15, -0.1) is 0 Å². The average molecular weight is 434 g/mol. The Kier molecular flexibility index (Phi) is 6.89. The molecule has 1 aliphatic heterocycles. The van der Waals surface area contributed by atoms with Crippen molar-refractivity contribution < 1.29 is 23.8 Å². The number of urea groups is 1. The van der Waals surface area contributed by atoms with Crippen molar-refractivity contribution in [3.8, 4) is 17.2 Å². The fourth-order valence-corrected chi connectivity index (χ4v) is 3.39. The molecule has 1 saturated heterocycles. The summed E-state index contributed by atoms with van der Waals surface area (Å²) in [5.41, 5.74) is 1.69. The Morgan fingerprint density at radius 3 is 2.47 bits per heavy atom. The first-order chi connectivity index (χ1) is 14.5. The molecule has 1 fully saturated rings. The molecule has 160 valence electrons. The molecular formula is C21H24ClN3O5. The van der Waals surface area contributed by atoms with E-state index in [1.54, 1.807) is 44.6 Å². The minimum absolute atomic E-state index is 0.233. The number of carbonyl (C=O) groups excluding carboxylic acids is 2. The van der Waals surface area contributed by atoms with Gasteiger partial charge in [-0.3, -0.25) is 9.69 Å². The summed E-state index contributed by atoms with van der Waals surface area (Å²) in [5, 5.41) is 5.99. The fourth-order valence-electron chi connectivity index (χ4n) is 3.17. The number of nitrogens with one attached hydrogen (secondary N) is 2. The lowest BCUT2D eigenvalue weighted by Crippen LogP contribution is -2.28. The first-order valence-electron chi connectivity index (χ1n) is 9.49. The van der Waals surface area contributed by atoms with Crippen LogP contribution in [0.1, 0.15) is 22.8 Å². The summed E-state index contributed by atoms with van der Waals surface area (Å²) in [7, 11) is 3.09. The minimum atomic E-state index is -0.292. The number of hydrogen-bond acceptors (Lipinski definition) is 5. The predicted octanol–water partition coefficient (Wildman–Crippen LogP) is 3.22. The van der Waals surface area contributed by atoms with Gasteiger partial charge in [-0.05, 0) is 42.8 Å². The molecular weight excluding hydrogens is 410 g/mol. The highest BCUT2D eigenvalue weighted by molar-refractivity contribution is 6.34. The van der Waals surface area contributed by atoms with Gasteiger partial charge in [0.15, 0.2) is 11.5 Å². The van der Waals surface area contributed by atoms with Crippen LogP contribution in [-0.4, -0.2) is 45.9 Å². The summed E-state index contributed by atoms with van der Waals surface area (Å²) in [6.45, 7) is 3.62. The highest BCUT2D eigenvalue weighted by Gasteiger charge is 2.24. The molecule has 0 bridgehead atoms. The number of nitrogens with zero attached hydrogens (tertiary/aromatic N) is 1. The van der Waals surface area contributed by atoms with Crippen molar-refractivity contribution in [3.63, 3.8) is 0 Å². The molecule has 3 amide bonds. The second-order valence-electron chi connectivity index (χ2n) is 6.49. The molecule has 30 heavy (non-hydrogen) atoms. The molecule has 0 saturated carbocycles. The topological polar surface area (TPSA) is 89.1 Å². The van der Waals surface area contributed by atoms with Crippen molar-refractivity contribution in [2.75, 3.05) is 38.8 Å². The van der Waals surface area contributed by atoms with Gasteiger partial charge in [-0.2, -0.15) is 0 Å². The van der Waals surface area contributed by atoms with Crippen molar-refractivity contribution in [2.45, 2.75) is 13.5 Å². The van der Waals surface area contributed by atoms with Crippen LogP contribution in [0.2, 0.25) is 5.02 Å². The van der Waals surface area contributed by atoms with Crippen molar-refractivity contribution >= 4 is 29.2 Å². The van der Waals surface area contributed by atoms with E-state index < -0.39 is 0 Å². The minimum Gasteiger partial charge on any atom is -0.493 e. The zero-order chi connectivity index (χ0) is 21.7. The number of halogens is 1. The number of methoxy groups -OCH3 is 2. The van der Waals surface area contributed by atoms with Gasteiger partial charge < -0.3 is 24.8 Å². The maximum absolute atomic E-state index is 12.7. The van der Waals surface area contributed by atoms with Crippen LogP contribution in [-0.2, 0) is 6.54 Å². The number of rotatable bonds is 8. The summed E-state index contributed by atoms with van der Waals surface area (Å²) in [6.07, 6.45) is 0. The van der Waals surface area contributed by atoms with Crippen LogP contribution in [0.4, 0.5) is 10.5 Å². The van der Waals surface area contributed by atoms with Gasteiger partial charge in [0.25, 0.3) is 5.91 Å². The number of amides is 3. The quantitative estimate of drug-likeness (QED) is 0.667. The SMILES string of the molecule is CCOc1c(OC)cc(CNC(=O)c2ccc(Cl)c(N3CCNC3=O)c2)cc1OC. The molecule has 0 aromatic heterocycles. The summed E-state index contributed by atoms with van der Waals surface area (Å²) in [5.74, 6) is 1.27. The van der Waals surface area contributed by atoms with E-state index in [1.165, 1.54) is 4.90 Å². The van der Waals surface area contributed by atoms with E-state index in [2.05, 4.69) is 10.6 Å². The van der Waals surface area contributed by atoms with Crippen LogP contribution in [0.25, 0.3) is 0 Å². The fraction of sp³-hybridized carbons (Fsp3) is 0.333. The number of benzene rings is 2. The number of carbonyl (C=O) groups is 2. The Morgan fingerprint density at radius 2 is 1.90 bits per heavy atom. The van der Waals surface area contributed by atoms with Gasteiger partial charge in [0.05, 0.1) is 31.5 Å². The second-order valence-corrected chi connectivity index (χ2v) is 6.90. The zero-order valence-corrected chi connectivity index (χ0v) is 17.8. The lowest BCUT2D eigenvalue weighted by Gasteiger charge is -2.17. The molecule has 1 heterocycles. The van der Waals surface area contributed by atoms with E-state index in [0.717, 1.165) is 5.56 Å². The summed E-state index contributed by atoms with van der Waals surface area (Å²) in [6, 6.07) is 8.19. The molecule has 0 spiro atoms. The maximum atomic E-state index is 12.7. The molecule has 0 radical (unpaired) electrons. The normalized spacial score (nSPS) is 13.1. The van der Waals surface area contributed by atoms with Crippen molar-refractivity contribution in [1.82, 2.24) is 10.6 Å². The van der Waals surface area contributed by atoms with Gasteiger partial charge in [0.2, 0.25) is 5.75 Å². The Labute approximate surface area is 180 Å². The van der Waals surface area contributed by atoms with E-state index in [0.29, 0.717) is 53.2 Å². The maximum Gasteiger partial charge on any atom is 0.322 e. The van der Waals surface area contributed by atoms with E-state index in [-0.39, 0.29) is 18.5 Å². The first-order valence-corrected chi connectivity index (χ1v) is 9.87. The van der Waals surface area contributed by atoms with Crippen LogP contribution in [0, 0.1) is 0 Å². The molecule has 8 nitrogen and oxygen atoms in total. The molecule has 2 N–H and O–H groups in total. The number of anilines is 1. The van der Waals surface area contributed by atoms with Crippen molar-refractivity contribution in [2.24, 2.45) is 0 Å². The summed E-state index contributed by atoms with van der Waals surface area (Å²) < 4.78 is 16.4. The van der Waals surface area contributed by atoms with Gasteiger partial charge in [0.1, 0.15) is 0 Å². The van der Waals surface area contributed by atoms with Gasteiger partial charge in [-0.25, -0.2) is 4.79 Å². The zero-order valence-electron chi connectivity index (χ0n) is 17.1. The monoisotopic (exact) mass is 433 g/mol. The number of hydrogen-bond donors (Lipinski definition) is 2.